The summed E-state index contributed by atoms with van der Waals surface area (Å²) in [5.74, 6) is 0.296. The molecule has 0 unspecified atom stereocenters. The molecule has 3 aromatic heterocycles. The van der Waals surface area contributed by atoms with Gasteiger partial charge in [-0.05, 0) is 34.6 Å². The van der Waals surface area contributed by atoms with Crippen molar-refractivity contribution in [1.29, 1.82) is 0 Å². The van der Waals surface area contributed by atoms with Crippen molar-refractivity contribution in [2.45, 2.75) is 52.4 Å². The summed E-state index contributed by atoms with van der Waals surface area (Å²) in [6.45, 7) is 9.71. The minimum absolute atomic E-state index is 0.0229. The fourth-order valence-electron chi connectivity index (χ4n) is 2.85. The highest BCUT2D eigenvalue weighted by Crippen LogP contribution is 2.34. The van der Waals surface area contributed by atoms with Crippen molar-refractivity contribution in [2.75, 3.05) is 17.2 Å². The topological polar surface area (TPSA) is 98.4 Å². The number of rotatable bonds is 7. The van der Waals surface area contributed by atoms with E-state index in [1.165, 1.54) is 0 Å². The molecule has 0 radical (unpaired) electrons. The molecule has 3 heterocycles. The van der Waals surface area contributed by atoms with Crippen LogP contribution < -0.4 is 10.6 Å². The Morgan fingerprint density at radius 3 is 2.37 bits per heavy atom. The summed E-state index contributed by atoms with van der Waals surface area (Å²) in [5, 5.41) is 18.7. The van der Waals surface area contributed by atoms with Crippen molar-refractivity contribution in [3.63, 3.8) is 0 Å². The third kappa shape index (κ3) is 4.21. The van der Waals surface area contributed by atoms with Gasteiger partial charge in [-0.1, -0.05) is 0 Å². The highest BCUT2D eigenvalue weighted by atomic mass is 19.4. The van der Waals surface area contributed by atoms with Crippen LogP contribution in [-0.2, 0) is 11.7 Å². The Kier molecular flexibility index (Phi) is 5.68. The smallest absolute Gasteiger partial charge is 0.370 e. The summed E-state index contributed by atoms with van der Waals surface area (Å²) in [6, 6.07) is 1.77. The number of halogens is 3. The summed E-state index contributed by atoms with van der Waals surface area (Å²) >= 11 is 0. The van der Waals surface area contributed by atoms with Crippen LogP contribution in [0.25, 0.3) is 0 Å². The van der Waals surface area contributed by atoms with Crippen molar-refractivity contribution in [2.24, 2.45) is 0 Å². The standard InChI is InChI=1S/C18H24F3N9/c1-6-22-15-12(18(19,20)21)10-23-16(27-15)26-14-9-13(28-29(14)11(2)3)17(4,5)30-24-7-8-25-30/h7-11H,6H2,1-5H3,(H2,22,23,26,27). The molecular formula is C18H24F3N9. The lowest BCUT2D eigenvalue weighted by Crippen LogP contribution is -2.30. The normalized spacial score (nSPS) is 12.4. The first-order chi connectivity index (χ1) is 14.0. The summed E-state index contributed by atoms with van der Waals surface area (Å²) < 4.78 is 41.3. The molecule has 0 spiro atoms. The largest absolute Gasteiger partial charge is 0.421 e. The third-order valence-electron chi connectivity index (χ3n) is 4.45. The second kappa shape index (κ2) is 7.92. The molecule has 9 nitrogen and oxygen atoms in total. The molecule has 3 rings (SSSR count). The highest BCUT2D eigenvalue weighted by Gasteiger charge is 2.35. The number of nitrogens with one attached hydrogen (secondary N) is 2. The van der Waals surface area contributed by atoms with E-state index in [9.17, 15) is 13.2 Å². The molecule has 0 aromatic carbocycles. The molecule has 0 atom stereocenters. The molecule has 0 amide bonds. The van der Waals surface area contributed by atoms with Gasteiger partial charge in [0.15, 0.2) is 0 Å². The van der Waals surface area contributed by atoms with E-state index >= 15 is 0 Å². The van der Waals surface area contributed by atoms with Crippen LogP contribution in [0.1, 0.15) is 51.9 Å². The van der Waals surface area contributed by atoms with Gasteiger partial charge in [-0.3, -0.25) is 0 Å². The van der Waals surface area contributed by atoms with Crippen molar-refractivity contribution < 1.29 is 13.2 Å². The molecule has 30 heavy (non-hydrogen) atoms. The third-order valence-corrected chi connectivity index (χ3v) is 4.45. The summed E-state index contributed by atoms with van der Waals surface area (Å²) in [6.07, 6.45) is -0.622. The summed E-state index contributed by atoms with van der Waals surface area (Å²) in [4.78, 5) is 9.42. The van der Waals surface area contributed by atoms with Crippen LogP contribution in [-0.4, -0.2) is 41.3 Å². The van der Waals surface area contributed by atoms with Crippen LogP contribution in [0.5, 0.6) is 0 Å². The second-order valence-electron chi connectivity index (χ2n) is 7.44. The Bertz CT molecular complexity index is 991. The van der Waals surface area contributed by atoms with E-state index in [0.717, 1.165) is 6.20 Å². The molecule has 3 aromatic rings. The zero-order valence-corrected chi connectivity index (χ0v) is 17.4. The molecule has 2 N–H and O–H groups in total. The Morgan fingerprint density at radius 1 is 1.13 bits per heavy atom. The summed E-state index contributed by atoms with van der Waals surface area (Å²) in [7, 11) is 0. The molecule has 0 aliphatic rings. The second-order valence-corrected chi connectivity index (χ2v) is 7.44. The Balaban J connectivity index is 1.98. The molecular weight excluding hydrogens is 399 g/mol. The van der Waals surface area contributed by atoms with Crippen LogP contribution >= 0.6 is 0 Å². The first-order valence-corrected chi connectivity index (χ1v) is 9.46. The number of anilines is 3. The first-order valence-electron chi connectivity index (χ1n) is 9.46. The van der Waals surface area contributed by atoms with Gasteiger partial charge in [0.05, 0.1) is 18.1 Å². The predicted octanol–water partition coefficient (Wildman–Crippen LogP) is 3.82. The van der Waals surface area contributed by atoms with Gasteiger partial charge in [-0.15, -0.1) is 0 Å². The van der Waals surface area contributed by atoms with Crippen LogP contribution in [0, 0.1) is 0 Å². The number of nitrogens with zero attached hydrogens (tertiary/aromatic N) is 7. The first kappa shape index (κ1) is 21.5. The molecule has 0 bridgehead atoms. The van der Waals surface area contributed by atoms with Crippen molar-refractivity contribution in [1.82, 2.24) is 34.7 Å². The van der Waals surface area contributed by atoms with Crippen molar-refractivity contribution in [3.05, 3.63) is 35.9 Å². The van der Waals surface area contributed by atoms with Gasteiger partial charge in [-0.2, -0.15) is 38.2 Å². The molecule has 162 valence electrons. The van der Waals surface area contributed by atoms with Crippen LogP contribution in [0.2, 0.25) is 0 Å². The van der Waals surface area contributed by atoms with Gasteiger partial charge in [0.2, 0.25) is 5.95 Å². The fourth-order valence-corrected chi connectivity index (χ4v) is 2.85. The molecule has 12 heteroatoms. The molecule has 0 saturated carbocycles. The molecule has 0 aliphatic heterocycles. The predicted molar refractivity (Wildman–Crippen MR) is 106 cm³/mol. The van der Waals surface area contributed by atoms with Crippen LogP contribution in [0.3, 0.4) is 0 Å². The maximum atomic E-state index is 13.2. The fraction of sp³-hybridized carbons (Fsp3) is 0.500. The van der Waals surface area contributed by atoms with E-state index in [2.05, 4.69) is 35.9 Å². The van der Waals surface area contributed by atoms with Gasteiger partial charge in [0.1, 0.15) is 22.7 Å². The van der Waals surface area contributed by atoms with Gasteiger partial charge in [-0.25, -0.2) is 9.67 Å². The van der Waals surface area contributed by atoms with Crippen molar-refractivity contribution >= 4 is 17.6 Å². The van der Waals surface area contributed by atoms with E-state index in [1.807, 2.05) is 27.7 Å². The Morgan fingerprint density at radius 2 is 1.80 bits per heavy atom. The van der Waals surface area contributed by atoms with E-state index in [-0.39, 0.29) is 17.8 Å². The monoisotopic (exact) mass is 423 g/mol. The number of hydrogen-bond donors (Lipinski definition) is 2. The van der Waals surface area contributed by atoms with Crippen LogP contribution in [0.15, 0.2) is 24.7 Å². The van der Waals surface area contributed by atoms with E-state index < -0.39 is 17.3 Å². The number of aromatic nitrogens is 7. The molecule has 0 saturated heterocycles. The minimum atomic E-state index is -4.55. The maximum absolute atomic E-state index is 13.2. The van der Waals surface area contributed by atoms with Gasteiger partial charge < -0.3 is 10.6 Å². The quantitative estimate of drug-likeness (QED) is 0.596. The van der Waals surface area contributed by atoms with E-state index in [1.54, 1.807) is 34.9 Å². The van der Waals surface area contributed by atoms with E-state index in [0.29, 0.717) is 18.1 Å². The Hall–Kier alpha value is -3.18. The van der Waals surface area contributed by atoms with Gasteiger partial charge in [0.25, 0.3) is 0 Å². The lowest BCUT2D eigenvalue weighted by molar-refractivity contribution is -0.137. The zero-order chi connectivity index (χ0) is 22.1. The maximum Gasteiger partial charge on any atom is 0.421 e. The molecule has 0 fully saturated rings. The molecule has 0 aliphatic carbocycles. The zero-order valence-electron chi connectivity index (χ0n) is 17.4. The van der Waals surface area contributed by atoms with Gasteiger partial charge >= 0.3 is 6.18 Å². The number of alkyl halides is 3. The average molecular weight is 423 g/mol. The van der Waals surface area contributed by atoms with Crippen molar-refractivity contribution in [3.8, 4) is 0 Å². The van der Waals surface area contributed by atoms with E-state index in [4.69, 9.17) is 0 Å². The number of hydrogen-bond acceptors (Lipinski definition) is 7. The lowest BCUT2D eigenvalue weighted by atomic mass is 10.0. The average Bonchev–Trinajstić information content (AvgIpc) is 3.32. The SMILES string of the molecule is CCNc1nc(Nc2cc(C(C)(C)n3nccn3)nn2C(C)C)ncc1C(F)(F)F. The highest BCUT2D eigenvalue weighted by molar-refractivity contribution is 5.55. The minimum Gasteiger partial charge on any atom is -0.370 e. The van der Waals surface area contributed by atoms with Gasteiger partial charge in [0, 0.05) is 24.8 Å². The summed E-state index contributed by atoms with van der Waals surface area (Å²) in [5.41, 5.74) is -0.886. The Labute approximate surface area is 171 Å². The lowest BCUT2D eigenvalue weighted by Gasteiger charge is -2.21. The van der Waals surface area contributed by atoms with Crippen LogP contribution in [0.4, 0.5) is 30.8 Å².